The molecule has 0 fully saturated rings. The molecule has 0 radical (unpaired) electrons. The van der Waals surface area contributed by atoms with Crippen molar-refractivity contribution in [2.24, 2.45) is 0 Å². The van der Waals surface area contributed by atoms with Crippen molar-refractivity contribution in [3.05, 3.63) is 41.5 Å². The summed E-state index contributed by atoms with van der Waals surface area (Å²) in [6, 6.07) is 7.25. The SMILES string of the molecule is CC(=O)Nc1cccc(C(C)OC(=O)CCCc2nc(C(C)(C)C)no2)c1. The van der Waals surface area contributed by atoms with Gasteiger partial charge in [0.25, 0.3) is 0 Å². The highest BCUT2D eigenvalue weighted by atomic mass is 16.5. The van der Waals surface area contributed by atoms with Crippen molar-refractivity contribution in [2.45, 2.75) is 65.4 Å². The van der Waals surface area contributed by atoms with Gasteiger partial charge >= 0.3 is 5.97 Å². The molecule has 1 aromatic heterocycles. The van der Waals surface area contributed by atoms with Crippen LogP contribution in [0, 0.1) is 0 Å². The van der Waals surface area contributed by atoms with Crippen LogP contribution in [0.25, 0.3) is 0 Å². The molecule has 1 N–H and O–H groups in total. The molecule has 7 nitrogen and oxygen atoms in total. The van der Waals surface area contributed by atoms with E-state index in [2.05, 4.69) is 15.5 Å². The largest absolute Gasteiger partial charge is 0.458 e. The zero-order valence-electron chi connectivity index (χ0n) is 16.5. The first kappa shape index (κ1) is 20.6. The van der Waals surface area contributed by atoms with E-state index < -0.39 is 6.10 Å². The second-order valence-electron chi connectivity index (χ2n) is 7.55. The van der Waals surface area contributed by atoms with E-state index in [4.69, 9.17) is 9.26 Å². The van der Waals surface area contributed by atoms with Crippen LogP contribution >= 0.6 is 0 Å². The molecule has 2 rings (SSSR count). The van der Waals surface area contributed by atoms with E-state index in [1.165, 1.54) is 6.92 Å². The minimum atomic E-state index is -0.401. The summed E-state index contributed by atoms with van der Waals surface area (Å²) >= 11 is 0. The van der Waals surface area contributed by atoms with Crippen molar-refractivity contribution < 1.29 is 18.8 Å². The number of amides is 1. The molecule has 1 amide bonds. The molecular weight excluding hydrogens is 346 g/mol. The number of nitrogens with one attached hydrogen (secondary N) is 1. The summed E-state index contributed by atoms with van der Waals surface area (Å²) in [4.78, 5) is 27.6. The molecule has 27 heavy (non-hydrogen) atoms. The lowest BCUT2D eigenvalue weighted by Crippen LogP contribution is -2.13. The van der Waals surface area contributed by atoms with E-state index in [0.29, 0.717) is 30.2 Å². The van der Waals surface area contributed by atoms with Gasteiger partial charge in [0, 0.05) is 30.9 Å². The number of carbonyl (C=O) groups excluding carboxylic acids is 2. The molecule has 2 aromatic rings. The number of benzene rings is 1. The summed E-state index contributed by atoms with van der Waals surface area (Å²) < 4.78 is 10.7. The zero-order valence-corrected chi connectivity index (χ0v) is 16.5. The van der Waals surface area contributed by atoms with Crippen LogP contribution in [0.2, 0.25) is 0 Å². The molecule has 7 heteroatoms. The number of esters is 1. The highest BCUT2D eigenvalue weighted by Gasteiger charge is 2.21. The molecule has 0 saturated carbocycles. The summed E-state index contributed by atoms with van der Waals surface area (Å²) in [6.07, 6.45) is 0.971. The average molecular weight is 373 g/mol. The van der Waals surface area contributed by atoms with Gasteiger partial charge in [-0.25, -0.2) is 0 Å². The van der Waals surface area contributed by atoms with Gasteiger partial charge in [-0.15, -0.1) is 0 Å². The Morgan fingerprint density at radius 2 is 2.04 bits per heavy atom. The third-order valence-corrected chi connectivity index (χ3v) is 3.90. The van der Waals surface area contributed by atoms with Crippen molar-refractivity contribution in [3.8, 4) is 0 Å². The number of nitrogens with zero attached hydrogens (tertiary/aromatic N) is 2. The first-order valence-electron chi connectivity index (χ1n) is 9.05. The van der Waals surface area contributed by atoms with Crippen LogP contribution in [0.1, 0.15) is 70.8 Å². The lowest BCUT2D eigenvalue weighted by atomic mass is 9.96. The lowest BCUT2D eigenvalue weighted by molar-refractivity contribution is -0.148. The number of anilines is 1. The van der Waals surface area contributed by atoms with Crippen LogP contribution in [0.5, 0.6) is 0 Å². The number of rotatable bonds is 7. The minimum absolute atomic E-state index is 0.146. The molecule has 146 valence electrons. The Morgan fingerprint density at radius 1 is 1.30 bits per heavy atom. The molecule has 0 saturated heterocycles. The average Bonchev–Trinajstić information content (AvgIpc) is 3.03. The normalized spacial score (nSPS) is 12.5. The van der Waals surface area contributed by atoms with Gasteiger partial charge in [-0.05, 0) is 31.0 Å². The molecular formula is C20H27N3O4. The topological polar surface area (TPSA) is 94.3 Å². The molecule has 1 unspecified atom stereocenters. The van der Waals surface area contributed by atoms with Gasteiger partial charge in [-0.3, -0.25) is 9.59 Å². The fraction of sp³-hybridized carbons (Fsp3) is 0.500. The van der Waals surface area contributed by atoms with Crippen molar-refractivity contribution in [2.75, 3.05) is 5.32 Å². The smallest absolute Gasteiger partial charge is 0.306 e. The Kier molecular flexibility index (Phi) is 6.71. The van der Waals surface area contributed by atoms with Gasteiger partial charge < -0.3 is 14.6 Å². The monoisotopic (exact) mass is 373 g/mol. The van der Waals surface area contributed by atoms with E-state index in [1.807, 2.05) is 32.9 Å². The quantitative estimate of drug-likeness (QED) is 0.739. The van der Waals surface area contributed by atoms with Gasteiger partial charge in [-0.2, -0.15) is 4.98 Å². The van der Waals surface area contributed by atoms with E-state index in [1.54, 1.807) is 19.1 Å². The number of carbonyl (C=O) groups is 2. The van der Waals surface area contributed by atoms with E-state index >= 15 is 0 Å². The Labute approximate surface area is 159 Å². The Hall–Kier alpha value is -2.70. The lowest BCUT2D eigenvalue weighted by Gasteiger charge is -2.14. The predicted molar refractivity (Wildman–Crippen MR) is 101 cm³/mol. The van der Waals surface area contributed by atoms with Gasteiger partial charge in [0.1, 0.15) is 6.10 Å². The van der Waals surface area contributed by atoms with E-state index in [9.17, 15) is 9.59 Å². The minimum Gasteiger partial charge on any atom is -0.458 e. The van der Waals surface area contributed by atoms with E-state index in [-0.39, 0.29) is 23.7 Å². The van der Waals surface area contributed by atoms with Gasteiger partial charge in [-0.1, -0.05) is 38.1 Å². The molecule has 0 aliphatic carbocycles. The maximum absolute atomic E-state index is 12.1. The summed E-state index contributed by atoms with van der Waals surface area (Å²) in [5, 5.41) is 6.69. The maximum atomic E-state index is 12.1. The third-order valence-electron chi connectivity index (χ3n) is 3.90. The number of aromatic nitrogens is 2. The molecule has 0 aliphatic rings. The predicted octanol–water partition coefficient (Wildman–Crippen LogP) is 3.95. The Morgan fingerprint density at radius 3 is 2.67 bits per heavy atom. The summed E-state index contributed by atoms with van der Waals surface area (Å²) in [5.41, 5.74) is 1.33. The Balaban J connectivity index is 1.81. The van der Waals surface area contributed by atoms with Gasteiger partial charge in [0.15, 0.2) is 5.82 Å². The molecule has 0 bridgehead atoms. The van der Waals surface area contributed by atoms with Crippen LogP contribution in [-0.4, -0.2) is 22.0 Å². The first-order chi connectivity index (χ1) is 12.6. The van der Waals surface area contributed by atoms with Crippen LogP contribution in [0.15, 0.2) is 28.8 Å². The molecule has 0 aliphatic heterocycles. The first-order valence-corrected chi connectivity index (χ1v) is 9.05. The molecule has 0 spiro atoms. The highest BCUT2D eigenvalue weighted by molar-refractivity contribution is 5.88. The molecule has 1 heterocycles. The standard InChI is InChI=1S/C20H27N3O4/c1-13(15-8-6-9-16(12-15)21-14(2)24)26-18(25)11-7-10-17-22-19(23-27-17)20(3,4)5/h6,8-9,12-13H,7,10-11H2,1-5H3,(H,21,24). The third kappa shape index (κ3) is 6.51. The van der Waals surface area contributed by atoms with Gasteiger partial charge in [0.2, 0.25) is 11.8 Å². The van der Waals surface area contributed by atoms with Crippen LogP contribution in [0.4, 0.5) is 5.69 Å². The van der Waals surface area contributed by atoms with Crippen molar-refractivity contribution in [3.63, 3.8) is 0 Å². The zero-order chi connectivity index (χ0) is 20.0. The molecule has 1 aromatic carbocycles. The summed E-state index contributed by atoms with van der Waals surface area (Å²) in [7, 11) is 0. The fourth-order valence-electron chi connectivity index (χ4n) is 2.44. The number of ether oxygens (including phenoxy) is 1. The summed E-state index contributed by atoms with van der Waals surface area (Å²) in [6.45, 7) is 9.30. The van der Waals surface area contributed by atoms with Crippen molar-refractivity contribution in [1.29, 1.82) is 0 Å². The second kappa shape index (κ2) is 8.79. The van der Waals surface area contributed by atoms with Crippen LogP contribution < -0.4 is 5.32 Å². The highest BCUT2D eigenvalue weighted by Crippen LogP contribution is 2.22. The number of hydrogen-bond donors (Lipinski definition) is 1. The van der Waals surface area contributed by atoms with Crippen molar-refractivity contribution in [1.82, 2.24) is 10.1 Å². The Bertz CT molecular complexity index is 793. The summed E-state index contributed by atoms with van der Waals surface area (Å²) in [5.74, 6) is 0.756. The maximum Gasteiger partial charge on any atom is 0.306 e. The molecule has 1 atom stereocenters. The number of aryl methyl sites for hydroxylation is 1. The van der Waals surface area contributed by atoms with Gasteiger partial charge in [0.05, 0.1) is 0 Å². The fourth-order valence-corrected chi connectivity index (χ4v) is 2.44. The second-order valence-corrected chi connectivity index (χ2v) is 7.55. The van der Waals surface area contributed by atoms with E-state index in [0.717, 1.165) is 5.56 Å². The van der Waals surface area contributed by atoms with Crippen LogP contribution in [-0.2, 0) is 26.2 Å². The van der Waals surface area contributed by atoms with Crippen molar-refractivity contribution >= 4 is 17.6 Å². The van der Waals surface area contributed by atoms with Crippen LogP contribution in [0.3, 0.4) is 0 Å². The number of hydrogen-bond acceptors (Lipinski definition) is 6.